The van der Waals surface area contributed by atoms with Crippen molar-refractivity contribution in [2.75, 3.05) is 0 Å². The molecule has 1 aromatic heterocycles. The van der Waals surface area contributed by atoms with Crippen LogP contribution in [-0.4, -0.2) is 14.9 Å². The summed E-state index contributed by atoms with van der Waals surface area (Å²) < 4.78 is 6.08. The molecule has 6 nitrogen and oxygen atoms in total. The van der Waals surface area contributed by atoms with Gasteiger partial charge < -0.3 is 4.74 Å². The van der Waals surface area contributed by atoms with Crippen LogP contribution in [-0.2, 0) is 0 Å². The number of ether oxygens (including phenoxy) is 1. The van der Waals surface area contributed by atoms with E-state index in [9.17, 15) is 10.1 Å². The van der Waals surface area contributed by atoms with E-state index in [1.165, 1.54) is 12.3 Å². The molecule has 0 atom stereocenters. The maximum absolute atomic E-state index is 11.0. The topological polar surface area (TPSA) is 78.2 Å². The number of nitro groups is 1. The maximum Gasteiger partial charge on any atom is 0.276 e. The van der Waals surface area contributed by atoms with Crippen molar-refractivity contribution in [3.8, 4) is 11.6 Å². The molecule has 8 heteroatoms. The van der Waals surface area contributed by atoms with E-state index < -0.39 is 4.92 Å². The van der Waals surface area contributed by atoms with Crippen LogP contribution < -0.4 is 4.74 Å². The molecule has 0 fully saturated rings. The Morgan fingerprint density at radius 2 is 2.05 bits per heavy atom. The first-order valence-corrected chi connectivity index (χ1v) is 6.67. The van der Waals surface area contributed by atoms with Crippen LogP contribution in [0.15, 0.2) is 22.8 Å². The van der Waals surface area contributed by atoms with Crippen molar-refractivity contribution >= 4 is 33.2 Å². The molecule has 0 spiro atoms. The largest absolute Gasteiger partial charge is 0.437 e. The number of nitrogens with zero attached hydrogens (tertiary/aromatic N) is 3. The molecule has 104 valence electrons. The fourth-order valence-corrected chi connectivity index (χ4v) is 2.03. The molecule has 0 saturated heterocycles. The van der Waals surface area contributed by atoms with E-state index in [4.69, 9.17) is 16.3 Å². The summed E-state index contributed by atoms with van der Waals surface area (Å²) in [6.07, 6.45) is 1.45. The zero-order chi connectivity index (χ0) is 14.9. The van der Waals surface area contributed by atoms with Gasteiger partial charge in [0.05, 0.1) is 15.5 Å². The zero-order valence-corrected chi connectivity index (χ0v) is 12.9. The van der Waals surface area contributed by atoms with Gasteiger partial charge in [-0.15, -0.1) is 0 Å². The Morgan fingerprint density at radius 3 is 2.70 bits per heavy atom. The van der Waals surface area contributed by atoms with Gasteiger partial charge in [-0.3, -0.25) is 10.1 Å². The molecule has 0 aliphatic heterocycles. The highest BCUT2D eigenvalue weighted by atomic mass is 79.9. The number of aryl methyl sites for hydroxylation is 2. The molecule has 20 heavy (non-hydrogen) atoms. The van der Waals surface area contributed by atoms with Gasteiger partial charge in [-0.05, 0) is 53.0 Å². The molecule has 0 aliphatic rings. The summed E-state index contributed by atoms with van der Waals surface area (Å²) in [5.41, 5.74) is 1.32. The van der Waals surface area contributed by atoms with Crippen LogP contribution in [0.4, 0.5) is 5.69 Å². The lowest BCUT2D eigenvalue weighted by Crippen LogP contribution is -1.97. The minimum Gasteiger partial charge on any atom is -0.437 e. The number of hydrogen-bond acceptors (Lipinski definition) is 5. The number of nitro benzene ring substituents is 1. The smallest absolute Gasteiger partial charge is 0.276 e. The van der Waals surface area contributed by atoms with E-state index in [1.54, 1.807) is 19.9 Å². The van der Waals surface area contributed by atoms with Gasteiger partial charge in [0.2, 0.25) is 11.2 Å². The van der Waals surface area contributed by atoms with E-state index >= 15 is 0 Å². The van der Waals surface area contributed by atoms with E-state index in [2.05, 4.69) is 25.9 Å². The van der Waals surface area contributed by atoms with Crippen molar-refractivity contribution in [1.29, 1.82) is 0 Å². The highest BCUT2D eigenvalue weighted by molar-refractivity contribution is 9.10. The monoisotopic (exact) mass is 357 g/mol. The molecule has 0 amide bonds. The lowest BCUT2D eigenvalue weighted by molar-refractivity contribution is -0.385. The van der Waals surface area contributed by atoms with Gasteiger partial charge in [-0.25, -0.2) is 4.98 Å². The molecule has 0 unspecified atom stereocenters. The van der Waals surface area contributed by atoms with E-state index in [1.807, 2.05) is 0 Å². The fraction of sp³-hybridized carbons (Fsp3) is 0.167. The molecule has 0 saturated carbocycles. The van der Waals surface area contributed by atoms with Crippen LogP contribution in [0.5, 0.6) is 11.6 Å². The lowest BCUT2D eigenvalue weighted by atomic mass is 10.1. The molecule has 2 rings (SSSR count). The third-order valence-corrected chi connectivity index (χ3v) is 3.31. The number of rotatable bonds is 3. The Kier molecular flexibility index (Phi) is 4.20. The van der Waals surface area contributed by atoms with Crippen molar-refractivity contribution in [3.63, 3.8) is 0 Å². The molecular weight excluding hydrogens is 350 g/mol. The van der Waals surface area contributed by atoms with Crippen molar-refractivity contribution in [2.45, 2.75) is 13.8 Å². The third-order valence-electron chi connectivity index (χ3n) is 2.58. The predicted octanol–water partition coefficient (Wildman–Crippen LogP) is 4.21. The van der Waals surface area contributed by atoms with E-state index in [0.717, 1.165) is 5.56 Å². The number of aromatic nitrogens is 2. The first kappa shape index (κ1) is 14.7. The summed E-state index contributed by atoms with van der Waals surface area (Å²) >= 11 is 8.93. The van der Waals surface area contributed by atoms with Gasteiger partial charge in [0.15, 0.2) is 0 Å². The highest BCUT2D eigenvalue weighted by Gasteiger charge is 2.16. The maximum atomic E-state index is 11.0. The van der Waals surface area contributed by atoms with Gasteiger partial charge in [0.1, 0.15) is 5.75 Å². The average Bonchev–Trinajstić information content (AvgIpc) is 2.36. The SMILES string of the molecule is Cc1cc(C)c([N+](=O)[O-])cc1Oc1nc(Cl)ncc1Br. The molecule has 1 heterocycles. The quantitative estimate of drug-likeness (QED) is 0.466. The van der Waals surface area contributed by atoms with E-state index in [-0.39, 0.29) is 16.9 Å². The second-order valence-electron chi connectivity index (χ2n) is 4.06. The van der Waals surface area contributed by atoms with Gasteiger partial charge in [0.25, 0.3) is 5.69 Å². The van der Waals surface area contributed by atoms with Crippen LogP contribution in [0.2, 0.25) is 5.28 Å². The summed E-state index contributed by atoms with van der Waals surface area (Å²) in [6, 6.07) is 3.05. The van der Waals surface area contributed by atoms with Crippen molar-refractivity contribution in [3.05, 3.63) is 49.3 Å². The van der Waals surface area contributed by atoms with Gasteiger partial charge >= 0.3 is 0 Å². The Morgan fingerprint density at radius 1 is 1.35 bits per heavy atom. The van der Waals surface area contributed by atoms with Gasteiger partial charge in [-0.2, -0.15) is 4.98 Å². The molecule has 0 radical (unpaired) electrons. The lowest BCUT2D eigenvalue weighted by Gasteiger charge is -2.10. The number of halogens is 2. The van der Waals surface area contributed by atoms with Crippen LogP contribution >= 0.6 is 27.5 Å². The Labute approximate surface area is 128 Å². The van der Waals surface area contributed by atoms with Crippen LogP contribution in [0.25, 0.3) is 0 Å². The normalized spacial score (nSPS) is 10.4. The summed E-state index contributed by atoms with van der Waals surface area (Å²) in [6.45, 7) is 3.47. The second-order valence-corrected chi connectivity index (χ2v) is 5.25. The standard InChI is InChI=1S/C12H9BrClN3O3/c1-6-3-7(2)10(4-9(6)17(18)19)20-11-8(13)5-15-12(14)16-11/h3-5H,1-2H3. The van der Waals surface area contributed by atoms with E-state index in [0.29, 0.717) is 15.8 Å². The zero-order valence-electron chi connectivity index (χ0n) is 10.6. The van der Waals surface area contributed by atoms with Crippen LogP contribution in [0.1, 0.15) is 11.1 Å². The Hall–Kier alpha value is -1.73. The Bertz CT molecular complexity index is 694. The molecule has 0 aliphatic carbocycles. The predicted molar refractivity (Wildman–Crippen MR) is 77.4 cm³/mol. The van der Waals surface area contributed by atoms with Gasteiger partial charge in [0, 0.05) is 11.8 Å². The van der Waals surface area contributed by atoms with Gasteiger partial charge in [-0.1, -0.05) is 0 Å². The van der Waals surface area contributed by atoms with Crippen molar-refractivity contribution < 1.29 is 9.66 Å². The van der Waals surface area contributed by atoms with Crippen molar-refractivity contribution in [1.82, 2.24) is 9.97 Å². The minimum atomic E-state index is -0.455. The molecule has 2 aromatic rings. The molecular formula is C12H9BrClN3O3. The molecule has 0 N–H and O–H groups in total. The summed E-state index contributed by atoms with van der Waals surface area (Å²) in [7, 11) is 0. The van der Waals surface area contributed by atoms with Crippen LogP contribution in [0, 0.1) is 24.0 Å². The molecule has 0 bridgehead atoms. The number of hydrogen-bond donors (Lipinski definition) is 0. The van der Waals surface area contributed by atoms with Crippen molar-refractivity contribution in [2.24, 2.45) is 0 Å². The highest BCUT2D eigenvalue weighted by Crippen LogP contribution is 2.33. The third kappa shape index (κ3) is 3.05. The summed E-state index contributed by atoms with van der Waals surface area (Å²) in [5, 5.41) is 11.0. The second kappa shape index (κ2) is 5.72. The Balaban J connectivity index is 2.45. The molecule has 1 aromatic carbocycles. The summed E-state index contributed by atoms with van der Waals surface area (Å²) in [4.78, 5) is 18.2. The number of benzene rings is 1. The van der Waals surface area contributed by atoms with Crippen LogP contribution in [0.3, 0.4) is 0 Å². The first-order chi connectivity index (χ1) is 9.38. The first-order valence-electron chi connectivity index (χ1n) is 5.50. The fourth-order valence-electron chi connectivity index (χ4n) is 1.64. The summed E-state index contributed by atoms with van der Waals surface area (Å²) in [5.74, 6) is 0.545. The average molecular weight is 359 g/mol. The minimum absolute atomic E-state index is 0.0122.